The first-order valence-electron chi connectivity index (χ1n) is 9.87. The second-order valence-corrected chi connectivity index (χ2v) is 9.59. The van der Waals surface area contributed by atoms with E-state index < -0.39 is 31.5 Å². The first-order chi connectivity index (χ1) is 15.2. The number of carbonyl (C=O) groups is 1. The normalized spacial score (nSPS) is 16.3. The van der Waals surface area contributed by atoms with E-state index in [4.69, 9.17) is 0 Å². The van der Waals surface area contributed by atoms with Crippen molar-refractivity contribution in [2.24, 2.45) is 0 Å². The van der Waals surface area contributed by atoms with Crippen LogP contribution in [0.3, 0.4) is 0 Å². The Morgan fingerprint density at radius 1 is 1.38 bits per heavy atom. The van der Waals surface area contributed by atoms with Gasteiger partial charge in [-0.1, -0.05) is 30.8 Å². The molecular formula is C19H23N5O6S2. The summed E-state index contributed by atoms with van der Waals surface area (Å²) in [6.07, 6.45) is 3.53. The summed E-state index contributed by atoms with van der Waals surface area (Å²) < 4.78 is 28.0. The molecule has 32 heavy (non-hydrogen) atoms. The molecule has 1 aromatic heterocycles. The molecule has 2 heterocycles. The maximum absolute atomic E-state index is 12.8. The molecule has 2 aromatic rings. The molecule has 0 saturated carbocycles. The molecule has 1 aliphatic rings. The van der Waals surface area contributed by atoms with E-state index in [1.54, 1.807) is 11.2 Å². The van der Waals surface area contributed by atoms with Crippen LogP contribution in [0.15, 0.2) is 34.3 Å². The topological polar surface area (TPSA) is 156 Å². The molecule has 0 bridgehead atoms. The smallest absolute Gasteiger partial charge is 0.341 e. The Morgan fingerprint density at radius 2 is 2.09 bits per heavy atom. The zero-order valence-electron chi connectivity index (χ0n) is 17.5. The number of carboxylic acids is 1. The van der Waals surface area contributed by atoms with E-state index in [9.17, 15) is 28.4 Å². The van der Waals surface area contributed by atoms with Gasteiger partial charge in [0.05, 0.1) is 10.6 Å². The molecule has 13 heteroatoms. The predicted molar refractivity (Wildman–Crippen MR) is 119 cm³/mol. The quantitative estimate of drug-likeness (QED) is 0.236. The summed E-state index contributed by atoms with van der Waals surface area (Å²) in [4.78, 5) is 32.6. The number of nitrogens with zero attached hydrogens (tertiary/aromatic N) is 4. The summed E-state index contributed by atoms with van der Waals surface area (Å²) in [6.45, 7) is 2.27. The van der Waals surface area contributed by atoms with Gasteiger partial charge in [0.2, 0.25) is 10.0 Å². The lowest BCUT2D eigenvalue weighted by Gasteiger charge is -2.28. The summed E-state index contributed by atoms with van der Waals surface area (Å²) in [7, 11) is -4.15. The Morgan fingerprint density at radius 3 is 2.72 bits per heavy atom. The number of nitrogens with one attached hydrogen (secondary N) is 1. The number of aryl methyl sites for hydroxylation is 1. The Kier molecular flexibility index (Phi) is 7.31. The van der Waals surface area contributed by atoms with Gasteiger partial charge in [0, 0.05) is 25.2 Å². The van der Waals surface area contributed by atoms with E-state index in [1.807, 2.05) is 6.92 Å². The number of benzene rings is 1. The lowest BCUT2D eigenvalue weighted by atomic mass is 10.1. The Labute approximate surface area is 189 Å². The van der Waals surface area contributed by atoms with Gasteiger partial charge in [0.25, 0.3) is 5.69 Å². The van der Waals surface area contributed by atoms with Gasteiger partial charge in [-0.3, -0.25) is 10.1 Å². The van der Waals surface area contributed by atoms with Crippen LogP contribution < -0.4 is 9.62 Å². The average Bonchev–Trinajstić information content (AvgIpc) is 3.25. The van der Waals surface area contributed by atoms with E-state index in [0.29, 0.717) is 30.2 Å². The highest BCUT2D eigenvalue weighted by Crippen LogP contribution is 2.31. The van der Waals surface area contributed by atoms with Crippen LogP contribution in [0, 0.1) is 10.1 Å². The molecule has 3 rings (SSSR count). The first-order valence-corrected chi connectivity index (χ1v) is 12.6. The number of hydrogen-bond donors (Lipinski definition) is 2. The maximum atomic E-state index is 12.8. The maximum Gasteiger partial charge on any atom is 0.341 e. The minimum absolute atomic E-state index is 0.0127. The fourth-order valence-corrected chi connectivity index (χ4v) is 5.31. The second-order valence-electron chi connectivity index (χ2n) is 7.08. The molecular weight excluding hydrogens is 458 g/mol. The van der Waals surface area contributed by atoms with Crippen molar-refractivity contribution < 1.29 is 23.2 Å². The van der Waals surface area contributed by atoms with Crippen molar-refractivity contribution >= 4 is 39.3 Å². The number of nitro benzene ring substituents is 1. The van der Waals surface area contributed by atoms with Crippen LogP contribution in [-0.4, -0.2) is 59.8 Å². The highest BCUT2D eigenvalue weighted by atomic mass is 32.2. The third-order valence-electron chi connectivity index (χ3n) is 5.19. The zero-order chi connectivity index (χ0) is 23.5. The standard InChI is InChI=1S/C19H23N5O6S2/c1-3-13-16(18(25)26)17(22-19(21-13)31-2)23-10-6-7-12(23)11-20-32(29,30)15-9-5-4-8-14(15)24(27)28/h4-5,8-9,12,20H,3,6-7,10-11H2,1-2H3,(H,25,26). The van der Waals surface area contributed by atoms with Crippen LogP contribution in [0.2, 0.25) is 0 Å². The Hall–Kier alpha value is -2.77. The molecule has 0 aliphatic carbocycles. The van der Waals surface area contributed by atoms with Gasteiger partial charge in [-0.15, -0.1) is 0 Å². The zero-order valence-corrected chi connectivity index (χ0v) is 19.1. The second kappa shape index (κ2) is 9.79. The third kappa shape index (κ3) is 4.84. The van der Waals surface area contributed by atoms with Crippen molar-refractivity contribution in [2.75, 3.05) is 24.2 Å². The van der Waals surface area contributed by atoms with Crippen LogP contribution in [0.5, 0.6) is 0 Å². The van der Waals surface area contributed by atoms with Crippen LogP contribution >= 0.6 is 11.8 Å². The number of aromatic carboxylic acids is 1. The third-order valence-corrected chi connectivity index (χ3v) is 7.20. The van der Waals surface area contributed by atoms with Gasteiger partial charge in [0.15, 0.2) is 10.1 Å². The van der Waals surface area contributed by atoms with Crippen LogP contribution in [0.1, 0.15) is 35.8 Å². The van der Waals surface area contributed by atoms with Gasteiger partial charge in [-0.2, -0.15) is 0 Å². The van der Waals surface area contributed by atoms with E-state index in [1.165, 1.54) is 30.0 Å². The molecule has 172 valence electrons. The molecule has 1 unspecified atom stereocenters. The molecule has 2 N–H and O–H groups in total. The molecule has 0 amide bonds. The molecule has 1 saturated heterocycles. The number of sulfonamides is 1. The predicted octanol–water partition coefficient (Wildman–Crippen LogP) is 2.31. The Bertz CT molecular complexity index is 1140. The minimum atomic E-state index is -4.15. The number of aromatic nitrogens is 2. The summed E-state index contributed by atoms with van der Waals surface area (Å²) in [5.74, 6) is -0.878. The van der Waals surface area contributed by atoms with Crippen LogP contribution in [0.25, 0.3) is 0 Å². The van der Waals surface area contributed by atoms with Crippen molar-refractivity contribution in [3.63, 3.8) is 0 Å². The lowest BCUT2D eigenvalue weighted by molar-refractivity contribution is -0.387. The number of rotatable bonds is 9. The first kappa shape index (κ1) is 23.9. The van der Waals surface area contributed by atoms with Crippen molar-refractivity contribution in [1.29, 1.82) is 0 Å². The fourth-order valence-electron chi connectivity index (χ4n) is 3.69. The number of carboxylic acid groups (broad SMARTS) is 1. The van der Waals surface area contributed by atoms with Crippen LogP contribution in [0.4, 0.5) is 11.5 Å². The van der Waals surface area contributed by atoms with Gasteiger partial charge >= 0.3 is 5.97 Å². The summed E-state index contributed by atoms with van der Waals surface area (Å²) in [5.41, 5.74) is -0.0822. The number of para-hydroxylation sites is 1. The van der Waals surface area contributed by atoms with Crippen molar-refractivity contribution in [1.82, 2.24) is 14.7 Å². The number of anilines is 1. The van der Waals surface area contributed by atoms with E-state index in [-0.39, 0.29) is 24.0 Å². The molecule has 1 fully saturated rings. The highest BCUT2D eigenvalue weighted by molar-refractivity contribution is 7.98. The number of nitro groups is 1. The van der Waals surface area contributed by atoms with Crippen LogP contribution in [-0.2, 0) is 16.4 Å². The molecule has 1 aliphatic heterocycles. The molecule has 0 radical (unpaired) electrons. The number of hydrogen-bond acceptors (Lipinski definition) is 9. The average molecular weight is 482 g/mol. The fraction of sp³-hybridized carbons (Fsp3) is 0.421. The van der Waals surface area contributed by atoms with Gasteiger partial charge < -0.3 is 10.0 Å². The minimum Gasteiger partial charge on any atom is -0.477 e. The Balaban J connectivity index is 1.91. The van der Waals surface area contributed by atoms with Crippen molar-refractivity contribution in [3.8, 4) is 0 Å². The largest absolute Gasteiger partial charge is 0.477 e. The molecule has 11 nitrogen and oxygen atoms in total. The molecule has 0 spiro atoms. The van der Waals surface area contributed by atoms with E-state index in [2.05, 4.69) is 14.7 Å². The van der Waals surface area contributed by atoms with Crippen molar-refractivity contribution in [3.05, 3.63) is 45.6 Å². The van der Waals surface area contributed by atoms with E-state index >= 15 is 0 Å². The SMILES string of the molecule is CCc1nc(SC)nc(N2CCCC2CNS(=O)(=O)c2ccccc2[N+](=O)[O-])c1C(=O)O. The molecule has 1 atom stereocenters. The number of thioether (sulfide) groups is 1. The van der Waals surface area contributed by atoms with Crippen molar-refractivity contribution in [2.45, 2.75) is 42.3 Å². The van der Waals surface area contributed by atoms with Gasteiger partial charge in [-0.25, -0.2) is 27.9 Å². The van der Waals surface area contributed by atoms with Gasteiger partial charge in [-0.05, 0) is 31.6 Å². The highest BCUT2D eigenvalue weighted by Gasteiger charge is 2.33. The molecule has 1 aromatic carbocycles. The summed E-state index contributed by atoms with van der Waals surface area (Å²) >= 11 is 1.29. The summed E-state index contributed by atoms with van der Waals surface area (Å²) in [5, 5.41) is 21.4. The lowest BCUT2D eigenvalue weighted by Crippen LogP contribution is -2.41. The monoisotopic (exact) mass is 481 g/mol. The summed E-state index contributed by atoms with van der Waals surface area (Å²) in [6, 6.07) is 4.76. The van der Waals surface area contributed by atoms with Gasteiger partial charge in [0.1, 0.15) is 11.4 Å². The van der Waals surface area contributed by atoms with E-state index in [0.717, 1.165) is 12.5 Å².